The normalized spacial score (nSPS) is 12.2. The number of pyridine rings is 1. The molecule has 8 nitrogen and oxygen atoms in total. The molecule has 1 aromatic rings. The molecule has 0 bridgehead atoms. The van der Waals surface area contributed by atoms with Crippen LogP contribution in [0.4, 0.5) is 11.5 Å². The summed E-state index contributed by atoms with van der Waals surface area (Å²) in [4.78, 5) is 33.7. The molecule has 0 aromatic carbocycles. The fraction of sp³-hybridized carbons (Fsp3) is 0.885. The Morgan fingerprint density at radius 1 is 0.536 bits per heavy atom. The number of ether oxygens (including phenoxy) is 2. The number of nitrogens with one attached hydrogen (secondary N) is 1. The molecule has 0 aliphatic carbocycles. The molecule has 0 aliphatic heterocycles. The molecule has 8 heteroatoms. The average Bonchev–Trinajstić information content (AvgIpc) is 3.35. The van der Waals surface area contributed by atoms with Crippen molar-refractivity contribution in [2.24, 2.45) is 17.8 Å². The molecule has 3 N–H and O–H groups in total. The molecule has 1 heterocycles. The van der Waals surface area contributed by atoms with Crippen LogP contribution in [0.3, 0.4) is 0 Å². The summed E-state index contributed by atoms with van der Waals surface area (Å²) in [5.41, 5.74) is 6.85. The van der Waals surface area contributed by atoms with Gasteiger partial charge in [-0.2, -0.15) is 0 Å². The number of nitrogens with two attached hydrogens (primary N) is 1. The largest absolute Gasteiger partial charge is 0.465 e. The number of esters is 2. The van der Waals surface area contributed by atoms with Gasteiger partial charge in [-0.25, -0.2) is 4.98 Å². The predicted octanol–water partition coefficient (Wildman–Crippen LogP) is 18.0. The lowest BCUT2D eigenvalue weighted by atomic mass is 9.86. The molecular formula is C61H116N4O4. The van der Waals surface area contributed by atoms with Crippen LogP contribution in [0, 0.1) is 17.8 Å². The van der Waals surface area contributed by atoms with Gasteiger partial charge in [0.05, 0.1) is 18.2 Å². The van der Waals surface area contributed by atoms with E-state index in [1.54, 1.807) is 6.20 Å². The Kier molecular flexibility index (Phi) is 44.9. The molecule has 404 valence electrons. The minimum absolute atomic E-state index is 0.0206. The van der Waals surface area contributed by atoms with Gasteiger partial charge in [0.1, 0.15) is 11.9 Å². The number of rotatable bonds is 52. The third-order valence-corrected chi connectivity index (χ3v) is 14.9. The lowest BCUT2D eigenvalue weighted by molar-refractivity contribution is -0.150. The van der Waals surface area contributed by atoms with Crippen LogP contribution in [0.2, 0.25) is 0 Å². The van der Waals surface area contributed by atoms with Gasteiger partial charge in [-0.3, -0.25) is 9.59 Å². The number of hydrogen-bond acceptors (Lipinski definition) is 8. The van der Waals surface area contributed by atoms with Crippen molar-refractivity contribution in [1.82, 2.24) is 9.88 Å². The maximum Gasteiger partial charge on any atom is 0.308 e. The van der Waals surface area contributed by atoms with E-state index in [9.17, 15) is 9.59 Å². The molecule has 0 radical (unpaired) electrons. The highest BCUT2D eigenvalue weighted by Crippen LogP contribution is 2.28. The van der Waals surface area contributed by atoms with E-state index in [1.165, 1.54) is 180 Å². The number of unbranched alkanes of at least 4 members (excludes halogenated alkanes) is 19. The van der Waals surface area contributed by atoms with E-state index < -0.39 is 0 Å². The highest BCUT2D eigenvalue weighted by Gasteiger charge is 2.23. The van der Waals surface area contributed by atoms with Crippen molar-refractivity contribution in [3.63, 3.8) is 0 Å². The molecular weight excluding hydrogens is 853 g/mol. The maximum absolute atomic E-state index is 13.7. The number of anilines is 2. The highest BCUT2D eigenvalue weighted by molar-refractivity contribution is 5.72. The number of nitrogens with zero attached hydrogens (tertiary/aromatic N) is 2. The maximum atomic E-state index is 13.7. The Labute approximate surface area is 428 Å². The Morgan fingerprint density at radius 3 is 1.57 bits per heavy atom. The van der Waals surface area contributed by atoms with Crippen LogP contribution in [-0.2, 0) is 19.1 Å². The second kappa shape index (κ2) is 47.9. The van der Waals surface area contributed by atoms with Crippen LogP contribution in [-0.4, -0.2) is 60.7 Å². The topological polar surface area (TPSA) is 107 Å². The van der Waals surface area contributed by atoms with Gasteiger partial charge in [0.15, 0.2) is 0 Å². The van der Waals surface area contributed by atoms with Gasteiger partial charge in [-0.1, -0.05) is 208 Å². The van der Waals surface area contributed by atoms with E-state index in [4.69, 9.17) is 15.2 Å². The second-order valence-electron chi connectivity index (χ2n) is 21.3. The van der Waals surface area contributed by atoms with Crippen LogP contribution in [0.1, 0.15) is 292 Å². The van der Waals surface area contributed by atoms with E-state index in [0.717, 1.165) is 102 Å². The summed E-state index contributed by atoms with van der Waals surface area (Å²) in [7, 11) is 0. The molecule has 0 saturated carbocycles. The van der Waals surface area contributed by atoms with Gasteiger partial charge in [0, 0.05) is 19.2 Å². The van der Waals surface area contributed by atoms with Crippen LogP contribution in [0.5, 0.6) is 0 Å². The van der Waals surface area contributed by atoms with Gasteiger partial charge in [-0.05, 0) is 121 Å². The molecule has 1 atom stereocenters. The van der Waals surface area contributed by atoms with Gasteiger partial charge >= 0.3 is 11.9 Å². The van der Waals surface area contributed by atoms with Crippen molar-refractivity contribution in [1.29, 1.82) is 0 Å². The fourth-order valence-corrected chi connectivity index (χ4v) is 10.2. The quantitative estimate of drug-likeness (QED) is 0.0491. The van der Waals surface area contributed by atoms with Gasteiger partial charge in [-0.15, -0.1) is 0 Å². The summed E-state index contributed by atoms with van der Waals surface area (Å²) < 4.78 is 12.2. The Hall–Kier alpha value is -2.35. The molecule has 0 aliphatic rings. The monoisotopic (exact) mass is 969 g/mol. The zero-order chi connectivity index (χ0) is 50.3. The van der Waals surface area contributed by atoms with Crippen molar-refractivity contribution in [2.75, 3.05) is 43.8 Å². The summed E-state index contributed by atoms with van der Waals surface area (Å²) in [5, 5.41) is 3.45. The minimum Gasteiger partial charge on any atom is -0.465 e. The first-order valence-electron chi connectivity index (χ1n) is 30.3. The zero-order valence-electron chi connectivity index (χ0n) is 46.8. The first-order valence-corrected chi connectivity index (χ1v) is 30.3. The van der Waals surface area contributed by atoms with Crippen LogP contribution < -0.4 is 11.1 Å². The molecule has 1 aromatic heterocycles. The number of hydrogen-bond donors (Lipinski definition) is 2. The van der Waals surface area contributed by atoms with Crippen LogP contribution in [0.25, 0.3) is 0 Å². The first kappa shape index (κ1) is 64.7. The van der Waals surface area contributed by atoms with Crippen molar-refractivity contribution >= 4 is 23.4 Å². The average molecular weight is 970 g/mol. The molecule has 0 amide bonds. The van der Waals surface area contributed by atoms with E-state index in [1.807, 2.05) is 12.1 Å². The summed E-state index contributed by atoms with van der Waals surface area (Å²) in [6.07, 6.45) is 47.7. The van der Waals surface area contributed by atoms with E-state index in [2.05, 4.69) is 56.7 Å². The number of aromatic nitrogens is 1. The van der Waals surface area contributed by atoms with Gasteiger partial charge < -0.3 is 25.4 Å². The SMILES string of the molecule is CCCCCCCC(CCCCCCC)OC(=O)CCCCCCCN(CCCCCCC(CCC(CCCC)CCCC)C(=O)OCCC(CCCC)CCCC)CCCNc1ncccc1N. The van der Waals surface area contributed by atoms with E-state index in [-0.39, 0.29) is 24.0 Å². The second-order valence-corrected chi connectivity index (χ2v) is 21.3. The van der Waals surface area contributed by atoms with Crippen molar-refractivity contribution in [3.05, 3.63) is 18.3 Å². The van der Waals surface area contributed by atoms with Gasteiger partial charge in [0.25, 0.3) is 0 Å². The summed E-state index contributed by atoms with van der Waals surface area (Å²) in [6, 6.07) is 3.78. The zero-order valence-corrected chi connectivity index (χ0v) is 46.8. The third kappa shape index (κ3) is 38.0. The van der Waals surface area contributed by atoms with Gasteiger partial charge in [0.2, 0.25) is 0 Å². The lowest BCUT2D eigenvalue weighted by Gasteiger charge is -2.23. The van der Waals surface area contributed by atoms with Crippen molar-refractivity contribution < 1.29 is 19.1 Å². The minimum atomic E-state index is 0.0206. The number of nitrogen functional groups attached to an aromatic ring is 1. The summed E-state index contributed by atoms with van der Waals surface area (Å²) in [6.45, 7) is 18.4. The van der Waals surface area contributed by atoms with Crippen molar-refractivity contribution in [3.8, 4) is 0 Å². The summed E-state index contributed by atoms with van der Waals surface area (Å²) >= 11 is 0. The van der Waals surface area contributed by atoms with E-state index in [0.29, 0.717) is 24.6 Å². The molecule has 0 spiro atoms. The van der Waals surface area contributed by atoms with Crippen molar-refractivity contribution in [2.45, 2.75) is 298 Å². The van der Waals surface area contributed by atoms with E-state index >= 15 is 0 Å². The third-order valence-electron chi connectivity index (χ3n) is 14.9. The number of carbonyl (C=O) groups excluding carboxylic acids is 2. The standard InChI is InChI=1S/C61H116N4O4/c1-7-13-19-22-29-41-57(42-30-23-20-14-8-2)69-59(66)44-31-24-21-26-32-50-65(52-35-49-64-60-58(62)43-34-48-63-60)51-33-27-25-28-40-56(46-45-54(36-15-9-3)37-16-10-4)61(67)68-53-47-55(38-17-11-5)39-18-12-6/h34,43,48,54-57H,7-33,35-42,44-47,49-53,62H2,1-6H3,(H,63,64). The molecule has 1 unspecified atom stereocenters. The lowest BCUT2D eigenvalue weighted by Crippen LogP contribution is -2.28. The Balaban J connectivity index is 2.69. The molecule has 0 fully saturated rings. The molecule has 1 rings (SSSR count). The summed E-state index contributed by atoms with van der Waals surface area (Å²) in [5.74, 6) is 2.33. The first-order chi connectivity index (χ1) is 33.8. The smallest absolute Gasteiger partial charge is 0.308 e. The highest BCUT2D eigenvalue weighted by atomic mass is 16.5. The molecule has 0 saturated heterocycles. The predicted molar refractivity (Wildman–Crippen MR) is 299 cm³/mol. The number of carbonyl (C=O) groups is 2. The fourth-order valence-electron chi connectivity index (χ4n) is 10.2. The van der Waals surface area contributed by atoms with Crippen LogP contribution in [0.15, 0.2) is 18.3 Å². The Bertz CT molecular complexity index is 1250. The molecule has 69 heavy (non-hydrogen) atoms. The van der Waals surface area contributed by atoms with Crippen LogP contribution >= 0.6 is 0 Å². The Morgan fingerprint density at radius 2 is 1.01 bits per heavy atom.